The van der Waals surface area contributed by atoms with Gasteiger partial charge in [0.25, 0.3) is 5.91 Å². The lowest BCUT2D eigenvalue weighted by Gasteiger charge is -2.19. The number of nitrogens with one attached hydrogen (secondary N) is 4. The highest BCUT2D eigenvalue weighted by atomic mass is 35.5. The number of aromatic nitrogens is 3. The van der Waals surface area contributed by atoms with Gasteiger partial charge in [0.05, 0.1) is 0 Å². The van der Waals surface area contributed by atoms with Crippen molar-refractivity contribution in [3.8, 4) is 0 Å². The van der Waals surface area contributed by atoms with E-state index >= 15 is 0 Å². The molecular formula is C20H25ClN8O4. The van der Waals surface area contributed by atoms with Crippen molar-refractivity contribution in [3.05, 3.63) is 40.7 Å². The second-order valence-electron chi connectivity index (χ2n) is 8.20. The molecule has 0 aliphatic carbocycles. The Morgan fingerprint density at radius 2 is 1.70 bits per heavy atom. The lowest BCUT2D eigenvalue weighted by Crippen LogP contribution is -2.37. The second kappa shape index (κ2) is 9.86. The van der Waals surface area contributed by atoms with Crippen LogP contribution in [0.25, 0.3) is 0 Å². The van der Waals surface area contributed by atoms with E-state index in [0.717, 1.165) is 16.0 Å². The molecule has 1 atom stereocenters. The number of amides is 4. The van der Waals surface area contributed by atoms with Gasteiger partial charge in [0.15, 0.2) is 6.17 Å². The van der Waals surface area contributed by atoms with Crippen LogP contribution in [-0.2, 0) is 22.6 Å². The van der Waals surface area contributed by atoms with Crippen molar-refractivity contribution in [2.24, 2.45) is 0 Å². The van der Waals surface area contributed by atoms with E-state index in [-0.39, 0.29) is 17.2 Å². The summed E-state index contributed by atoms with van der Waals surface area (Å²) in [6.45, 7) is 6.14. The molecule has 1 unspecified atom stereocenters. The Bertz CT molecular complexity index is 1040. The van der Waals surface area contributed by atoms with E-state index in [1.807, 2.05) is 24.3 Å². The lowest BCUT2D eigenvalue weighted by molar-refractivity contribution is -0.125. The first kappa shape index (κ1) is 24.0. The predicted octanol–water partition coefficient (Wildman–Crippen LogP) is 2.08. The second-order valence-corrected chi connectivity index (χ2v) is 8.54. The largest absolute Gasteiger partial charge is 0.444 e. The molecular weight excluding hydrogens is 452 g/mol. The molecule has 0 radical (unpaired) electrons. The molecule has 3 rings (SSSR count). The number of carbonyl (C=O) groups excluding carboxylic acids is 3. The molecule has 0 saturated carbocycles. The van der Waals surface area contributed by atoms with E-state index in [0.29, 0.717) is 13.1 Å². The number of anilines is 2. The molecule has 0 bridgehead atoms. The van der Waals surface area contributed by atoms with E-state index in [1.165, 1.54) is 7.05 Å². The Labute approximate surface area is 195 Å². The predicted molar refractivity (Wildman–Crippen MR) is 120 cm³/mol. The van der Waals surface area contributed by atoms with Gasteiger partial charge in [-0.1, -0.05) is 24.3 Å². The van der Waals surface area contributed by atoms with E-state index in [2.05, 4.69) is 36.2 Å². The SMILES string of the molecule is CN1C(=O)NC(Nc2nc(Cl)nc(NCc3ccc(CNC(=O)OC(C)(C)C)cc3)n2)C1=O. The summed E-state index contributed by atoms with van der Waals surface area (Å²) in [6.07, 6.45) is -1.47. The molecule has 1 aromatic carbocycles. The molecule has 1 fully saturated rings. The number of carbonyl (C=O) groups is 3. The maximum atomic E-state index is 12.0. The molecule has 1 saturated heterocycles. The molecule has 2 heterocycles. The summed E-state index contributed by atoms with van der Waals surface area (Å²) >= 11 is 5.96. The maximum absolute atomic E-state index is 12.0. The Hall–Kier alpha value is -3.67. The molecule has 0 spiro atoms. The summed E-state index contributed by atoms with van der Waals surface area (Å²) in [5.41, 5.74) is 1.29. The monoisotopic (exact) mass is 476 g/mol. The van der Waals surface area contributed by atoms with Gasteiger partial charge in [-0.25, -0.2) is 9.59 Å². The van der Waals surface area contributed by atoms with Gasteiger partial charge in [0.2, 0.25) is 17.2 Å². The van der Waals surface area contributed by atoms with E-state index < -0.39 is 29.8 Å². The van der Waals surface area contributed by atoms with Crippen molar-refractivity contribution in [3.63, 3.8) is 0 Å². The fourth-order valence-corrected chi connectivity index (χ4v) is 2.90. The lowest BCUT2D eigenvalue weighted by atomic mass is 10.1. The Morgan fingerprint density at radius 3 is 2.27 bits per heavy atom. The summed E-state index contributed by atoms with van der Waals surface area (Å²) < 4.78 is 5.21. The Balaban J connectivity index is 1.54. The third-order valence-corrected chi connectivity index (χ3v) is 4.51. The molecule has 4 N–H and O–H groups in total. The smallest absolute Gasteiger partial charge is 0.407 e. The molecule has 12 nitrogen and oxygen atoms in total. The number of likely N-dealkylation sites (N-methyl/N-ethyl adjacent to an activating group) is 1. The number of hydrogen-bond donors (Lipinski definition) is 4. The molecule has 2 aromatic rings. The quantitative estimate of drug-likeness (QED) is 0.440. The van der Waals surface area contributed by atoms with Crippen LogP contribution in [0, 0.1) is 0 Å². The van der Waals surface area contributed by atoms with Crippen LogP contribution >= 0.6 is 11.6 Å². The minimum absolute atomic E-state index is 0.0371. The van der Waals surface area contributed by atoms with Gasteiger partial charge in [0, 0.05) is 20.1 Å². The molecule has 1 aliphatic rings. The van der Waals surface area contributed by atoms with Crippen molar-refractivity contribution in [1.29, 1.82) is 0 Å². The number of nitrogens with zero attached hydrogens (tertiary/aromatic N) is 4. The number of halogens is 1. The van der Waals surface area contributed by atoms with Gasteiger partial charge in [-0.15, -0.1) is 0 Å². The third-order valence-electron chi connectivity index (χ3n) is 4.34. The summed E-state index contributed by atoms with van der Waals surface area (Å²) in [5, 5.41) is 10.8. The minimum atomic E-state index is -0.990. The van der Waals surface area contributed by atoms with Crippen LogP contribution in [0.5, 0.6) is 0 Å². The maximum Gasteiger partial charge on any atom is 0.407 e. The first-order valence-corrected chi connectivity index (χ1v) is 10.4. The molecule has 33 heavy (non-hydrogen) atoms. The first-order chi connectivity index (χ1) is 15.5. The fraction of sp³-hybridized carbons (Fsp3) is 0.400. The number of ether oxygens (including phenoxy) is 1. The standard InChI is InChI=1S/C20H25ClN8O4/c1-20(2,3)33-19(32)23-10-12-7-5-11(6-8-12)9-22-16-26-15(21)27-17(28-16)24-13-14(30)29(4)18(31)25-13/h5-8,13H,9-10H2,1-4H3,(H,23,32)(H,25,31)(H2,22,24,26,27,28). The van der Waals surface area contributed by atoms with Gasteiger partial charge >= 0.3 is 12.1 Å². The molecule has 4 amide bonds. The van der Waals surface area contributed by atoms with Crippen molar-refractivity contribution in [2.45, 2.75) is 45.6 Å². The molecule has 1 aliphatic heterocycles. The van der Waals surface area contributed by atoms with E-state index in [4.69, 9.17) is 16.3 Å². The number of alkyl carbamates (subject to hydrolysis) is 1. The van der Waals surface area contributed by atoms with E-state index in [1.54, 1.807) is 20.8 Å². The van der Waals surface area contributed by atoms with Gasteiger partial charge in [-0.3, -0.25) is 9.69 Å². The van der Waals surface area contributed by atoms with Crippen molar-refractivity contribution in [1.82, 2.24) is 30.5 Å². The zero-order chi connectivity index (χ0) is 24.2. The summed E-state index contributed by atoms with van der Waals surface area (Å²) in [5.74, 6) is -0.236. The topological polar surface area (TPSA) is 150 Å². The summed E-state index contributed by atoms with van der Waals surface area (Å²) in [7, 11) is 1.37. The normalized spacial score (nSPS) is 15.8. The van der Waals surface area contributed by atoms with Crippen LogP contribution in [0.3, 0.4) is 0 Å². The third kappa shape index (κ3) is 6.91. The number of rotatable bonds is 7. The average molecular weight is 477 g/mol. The number of benzene rings is 1. The Morgan fingerprint density at radius 1 is 1.09 bits per heavy atom. The first-order valence-electron chi connectivity index (χ1n) is 10.0. The van der Waals surface area contributed by atoms with Crippen molar-refractivity contribution >= 4 is 41.5 Å². The van der Waals surface area contributed by atoms with Crippen LogP contribution in [-0.4, -0.2) is 56.7 Å². The molecule has 13 heteroatoms. The highest BCUT2D eigenvalue weighted by Crippen LogP contribution is 2.14. The van der Waals surface area contributed by atoms with Crippen LogP contribution < -0.4 is 21.3 Å². The van der Waals surface area contributed by atoms with Gasteiger partial charge < -0.3 is 26.0 Å². The number of imide groups is 1. The Kier molecular flexibility index (Phi) is 7.16. The zero-order valence-corrected chi connectivity index (χ0v) is 19.4. The highest BCUT2D eigenvalue weighted by molar-refractivity contribution is 6.28. The van der Waals surface area contributed by atoms with Crippen LogP contribution in [0.2, 0.25) is 5.28 Å². The van der Waals surface area contributed by atoms with Crippen molar-refractivity contribution < 1.29 is 19.1 Å². The average Bonchev–Trinajstić information content (AvgIpc) is 2.96. The van der Waals surface area contributed by atoms with Crippen LogP contribution in [0.4, 0.5) is 21.5 Å². The van der Waals surface area contributed by atoms with Crippen LogP contribution in [0.1, 0.15) is 31.9 Å². The van der Waals surface area contributed by atoms with Gasteiger partial charge in [-0.05, 0) is 43.5 Å². The molecule has 1 aromatic heterocycles. The van der Waals surface area contributed by atoms with Crippen molar-refractivity contribution in [2.75, 3.05) is 17.7 Å². The zero-order valence-electron chi connectivity index (χ0n) is 18.6. The van der Waals surface area contributed by atoms with E-state index in [9.17, 15) is 14.4 Å². The summed E-state index contributed by atoms with van der Waals surface area (Å²) in [6, 6.07) is 7.02. The number of hydrogen-bond acceptors (Lipinski definition) is 9. The molecule has 176 valence electrons. The fourth-order valence-electron chi connectivity index (χ4n) is 2.74. The van der Waals surface area contributed by atoms with Gasteiger partial charge in [0.1, 0.15) is 5.60 Å². The highest BCUT2D eigenvalue weighted by Gasteiger charge is 2.35. The summed E-state index contributed by atoms with van der Waals surface area (Å²) in [4.78, 5) is 48.4. The minimum Gasteiger partial charge on any atom is -0.444 e. The van der Waals surface area contributed by atoms with Gasteiger partial charge in [-0.2, -0.15) is 15.0 Å². The van der Waals surface area contributed by atoms with Crippen LogP contribution in [0.15, 0.2) is 24.3 Å². The number of urea groups is 1.